The van der Waals surface area contributed by atoms with E-state index in [1.165, 1.54) is 5.56 Å². The largest absolute Gasteiger partial charge is 0.493 e. The van der Waals surface area contributed by atoms with Gasteiger partial charge < -0.3 is 14.8 Å². The van der Waals surface area contributed by atoms with Gasteiger partial charge in [-0.25, -0.2) is 4.68 Å². The van der Waals surface area contributed by atoms with Crippen molar-refractivity contribution in [3.63, 3.8) is 0 Å². The number of ether oxygens (including phenoxy) is 2. The number of hydrogen-bond donors (Lipinski definition) is 1. The molecule has 3 aromatic rings. The van der Waals surface area contributed by atoms with Crippen molar-refractivity contribution in [1.29, 1.82) is 0 Å². The first kappa shape index (κ1) is 22.0. The highest BCUT2D eigenvalue weighted by Crippen LogP contribution is 2.39. The van der Waals surface area contributed by atoms with Crippen LogP contribution in [0.5, 0.6) is 11.5 Å². The fourth-order valence-electron chi connectivity index (χ4n) is 3.81. The summed E-state index contributed by atoms with van der Waals surface area (Å²) in [5.74, 6) is 2.63. The van der Waals surface area contributed by atoms with E-state index in [1.807, 2.05) is 50.2 Å². The van der Waals surface area contributed by atoms with Crippen LogP contribution in [0.1, 0.15) is 37.9 Å². The summed E-state index contributed by atoms with van der Waals surface area (Å²) in [4.78, 5) is 17.3. The van der Waals surface area contributed by atoms with Gasteiger partial charge in [-0.2, -0.15) is 4.98 Å². The summed E-state index contributed by atoms with van der Waals surface area (Å²) < 4.78 is 13.0. The molecule has 1 aliphatic rings. The number of anilines is 1. The van der Waals surface area contributed by atoms with Crippen LogP contribution in [0.25, 0.3) is 0 Å². The number of Topliss-reactive ketones (excluding diaryl/α,β-unsaturated/α-hetero) is 1. The number of hydrogen-bond acceptors (Lipinski definition) is 7. The maximum absolute atomic E-state index is 12.6. The van der Waals surface area contributed by atoms with E-state index in [0.717, 1.165) is 17.0 Å². The summed E-state index contributed by atoms with van der Waals surface area (Å²) in [6.07, 6.45) is 0. The minimum absolute atomic E-state index is 0.0208. The van der Waals surface area contributed by atoms with E-state index in [0.29, 0.717) is 34.8 Å². The maximum atomic E-state index is 12.6. The third kappa shape index (κ3) is 4.36. The highest BCUT2D eigenvalue weighted by Gasteiger charge is 2.33. The molecule has 0 fully saturated rings. The first-order valence-electron chi connectivity index (χ1n) is 10.4. The second-order valence-electron chi connectivity index (χ2n) is 7.40. The van der Waals surface area contributed by atoms with Crippen LogP contribution in [0.15, 0.2) is 65.0 Å². The Morgan fingerprint density at radius 3 is 2.66 bits per heavy atom. The average molecular weight is 451 g/mol. The molecule has 2 heterocycles. The van der Waals surface area contributed by atoms with E-state index < -0.39 is 6.04 Å². The van der Waals surface area contributed by atoms with Gasteiger partial charge in [0.25, 0.3) is 0 Å². The molecule has 1 unspecified atom stereocenters. The standard InChI is InChI=1S/C24H26N4O3S/c1-5-31-19-12-11-18(13-20(19)30-4)22-21(16(3)29)15(2)25-23-26-24(27-28(22)23)32-14-17-9-7-6-8-10-17/h6-13,22H,5,14H2,1-4H3,(H,25,26,27). The molecule has 2 aromatic carbocycles. The van der Waals surface area contributed by atoms with Crippen LogP contribution in [-0.4, -0.2) is 34.3 Å². The number of nitrogens with zero attached hydrogens (tertiary/aromatic N) is 3. The van der Waals surface area contributed by atoms with E-state index in [4.69, 9.17) is 14.6 Å². The molecule has 0 spiro atoms. The Morgan fingerprint density at radius 1 is 1.19 bits per heavy atom. The Hall–Kier alpha value is -3.26. The number of carbonyl (C=O) groups excluding carboxylic acids is 1. The Bertz CT molecular complexity index is 1160. The van der Waals surface area contributed by atoms with Crippen LogP contribution < -0.4 is 14.8 Å². The molecule has 1 aliphatic heterocycles. The molecule has 1 N–H and O–H groups in total. The molecule has 32 heavy (non-hydrogen) atoms. The van der Waals surface area contributed by atoms with Crippen LogP contribution in [0.3, 0.4) is 0 Å². The van der Waals surface area contributed by atoms with Crippen LogP contribution in [0.2, 0.25) is 0 Å². The van der Waals surface area contributed by atoms with Gasteiger partial charge in [0.05, 0.1) is 13.7 Å². The van der Waals surface area contributed by atoms with Gasteiger partial charge >= 0.3 is 0 Å². The van der Waals surface area contributed by atoms with Crippen molar-refractivity contribution in [2.75, 3.05) is 19.0 Å². The lowest BCUT2D eigenvalue weighted by Gasteiger charge is -2.28. The minimum Gasteiger partial charge on any atom is -0.493 e. The Labute approximate surface area is 191 Å². The number of allylic oxidation sites excluding steroid dienone is 2. The molecular weight excluding hydrogens is 424 g/mol. The fraction of sp³-hybridized carbons (Fsp3) is 0.292. The normalized spacial score (nSPS) is 15.2. The second kappa shape index (κ2) is 9.48. The molecule has 0 saturated heterocycles. The van der Waals surface area contributed by atoms with Crippen molar-refractivity contribution >= 4 is 23.5 Å². The number of aromatic nitrogens is 3. The van der Waals surface area contributed by atoms with E-state index in [2.05, 4.69) is 22.4 Å². The minimum atomic E-state index is -0.410. The van der Waals surface area contributed by atoms with Gasteiger partial charge in [-0.15, -0.1) is 5.10 Å². The van der Waals surface area contributed by atoms with Gasteiger partial charge in [-0.1, -0.05) is 48.2 Å². The van der Waals surface area contributed by atoms with Crippen LogP contribution >= 0.6 is 11.8 Å². The van der Waals surface area contributed by atoms with Crippen molar-refractivity contribution in [2.24, 2.45) is 0 Å². The quantitative estimate of drug-likeness (QED) is 0.491. The number of rotatable bonds is 8. The zero-order chi connectivity index (χ0) is 22.7. The number of methoxy groups -OCH3 is 1. The number of thioether (sulfide) groups is 1. The molecule has 0 amide bonds. The smallest absolute Gasteiger partial charge is 0.227 e. The summed E-state index contributed by atoms with van der Waals surface area (Å²) in [6.45, 7) is 5.93. The molecule has 4 rings (SSSR count). The first-order valence-corrected chi connectivity index (χ1v) is 11.4. The number of fused-ring (bicyclic) bond motifs is 1. The lowest BCUT2D eigenvalue weighted by Crippen LogP contribution is -2.27. The van der Waals surface area contributed by atoms with Gasteiger partial charge in [0, 0.05) is 17.0 Å². The Kier molecular flexibility index (Phi) is 6.50. The third-order valence-electron chi connectivity index (χ3n) is 5.23. The zero-order valence-electron chi connectivity index (χ0n) is 18.6. The van der Waals surface area contributed by atoms with Crippen molar-refractivity contribution < 1.29 is 14.3 Å². The molecule has 0 bridgehead atoms. The SMILES string of the molecule is CCOc1ccc(C2C(C(C)=O)=C(C)Nc3nc(SCc4ccccc4)nn32)cc1OC. The second-order valence-corrected chi connectivity index (χ2v) is 8.35. The molecular formula is C24H26N4O3S. The van der Waals surface area contributed by atoms with Crippen LogP contribution in [-0.2, 0) is 10.5 Å². The Morgan fingerprint density at radius 2 is 1.97 bits per heavy atom. The van der Waals surface area contributed by atoms with Crippen molar-refractivity contribution in [3.8, 4) is 11.5 Å². The molecule has 0 radical (unpaired) electrons. The van der Waals surface area contributed by atoms with Crippen LogP contribution in [0, 0.1) is 0 Å². The van der Waals surface area contributed by atoms with Gasteiger partial charge in [0.15, 0.2) is 17.3 Å². The molecule has 8 heteroatoms. The molecule has 1 aromatic heterocycles. The van der Waals surface area contributed by atoms with Gasteiger partial charge in [0.1, 0.15) is 6.04 Å². The lowest BCUT2D eigenvalue weighted by molar-refractivity contribution is -0.114. The average Bonchev–Trinajstić information content (AvgIpc) is 3.20. The summed E-state index contributed by atoms with van der Waals surface area (Å²) in [5.41, 5.74) is 3.50. The molecule has 0 saturated carbocycles. The predicted octanol–water partition coefficient (Wildman–Crippen LogP) is 4.86. The van der Waals surface area contributed by atoms with Gasteiger partial charge in [0.2, 0.25) is 11.1 Å². The first-order chi connectivity index (χ1) is 15.5. The summed E-state index contributed by atoms with van der Waals surface area (Å²) in [7, 11) is 1.61. The highest BCUT2D eigenvalue weighted by atomic mass is 32.2. The predicted molar refractivity (Wildman–Crippen MR) is 125 cm³/mol. The molecule has 166 valence electrons. The summed E-state index contributed by atoms with van der Waals surface area (Å²) in [6, 6.07) is 15.5. The van der Waals surface area contributed by atoms with E-state index >= 15 is 0 Å². The zero-order valence-corrected chi connectivity index (χ0v) is 19.4. The molecule has 0 aliphatic carbocycles. The van der Waals surface area contributed by atoms with E-state index in [-0.39, 0.29) is 5.78 Å². The summed E-state index contributed by atoms with van der Waals surface area (Å²) >= 11 is 1.56. The van der Waals surface area contributed by atoms with Gasteiger partial charge in [-0.3, -0.25) is 4.79 Å². The van der Waals surface area contributed by atoms with Crippen molar-refractivity contribution in [1.82, 2.24) is 14.8 Å². The summed E-state index contributed by atoms with van der Waals surface area (Å²) in [5, 5.41) is 8.65. The molecule has 1 atom stereocenters. The molecule has 7 nitrogen and oxygen atoms in total. The third-order valence-corrected chi connectivity index (χ3v) is 6.14. The topological polar surface area (TPSA) is 78.3 Å². The monoisotopic (exact) mass is 450 g/mol. The van der Waals surface area contributed by atoms with Gasteiger partial charge in [-0.05, 0) is 44.0 Å². The maximum Gasteiger partial charge on any atom is 0.227 e. The highest BCUT2D eigenvalue weighted by molar-refractivity contribution is 7.98. The number of benzene rings is 2. The van der Waals surface area contributed by atoms with E-state index in [1.54, 1.807) is 30.5 Å². The fourth-order valence-corrected chi connectivity index (χ4v) is 4.59. The van der Waals surface area contributed by atoms with Crippen molar-refractivity contribution in [2.45, 2.75) is 37.7 Å². The van der Waals surface area contributed by atoms with Crippen LogP contribution in [0.4, 0.5) is 5.95 Å². The Balaban J connectivity index is 1.72. The number of nitrogens with one attached hydrogen (secondary N) is 1. The lowest BCUT2D eigenvalue weighted by atomic mass is 9.93. The van der Waals surface area contributed by atoms with Crippen molar-refractivity contribution in [3.05, 3.63) is 70.9 Å². The number of ketones is 1. The van der Waals surface area contributed by atoms with E-state index in [9.17, 15) is 4.79 Å². The number of carbonyl (C=O) groups is 1.